The Bertz CT molecular complexity index is 626. The van der Waals surface area contributed by atoms with Crippen LogP contribution in [0.5, 0.6) is 5.75 Å². The molecule has 1 atom stereocenters. The van der Waals surface area contributed by atoms with Crippen molar-refractivity contribution in [2.75, 3.05) is 7.11 Å². The van der Waals surface area contributed by atoms with Gasteiger partial charge in [0.05, 0.1) is 16.4 Å². The molecule has 2 aromatic rings. The highest BCUT2D eigenvalue weighted by Gasteiger charge is 2.22. The van der Waals surface area contributed by atoms with Gasteiger partial charge < -0.3 is 4.74 Å². The maximum absolute atomic E-state index is 6.25. The molecular weight excluding hydrogens is 450 g/mol. The molecule has 0 bridgehead atoms. The van der Waals surface area contributed by atoms with E-state index in [1.165, 1.54) is 0 Å². The Morgan fingerprint density at radius 2 is 1.70 bits per heavy atom. The molecule has 0 spiro atoms. The lowest BCUT2D eigenvalue weighted by atomic mass is 10.0. The van der Waals surface area contributed by atoms with E-state index < -0.39 is 0 Å². The minimum Gasteiger partial charge on any atom is -0.495 e. The van der Waals surface area contributed by atoms with E-state index in [2.05, 4.69) is 31.9 Å². The van der Waals surface area contributed by atoms with Crippen LogP contribution in [-0.2, 0) is 0 Å². The van der Waals surface area contributed by atoms with Crippen LogP contribution in [0.15, 0.2) is 34.8 Å². The van der Waals surface area contributed by atoms with E-state index in [1.54, 1.807) is 31.4 Å². The minimum atomic E-state index is -0.228. The predicted molar refractivity (Wildman–Crippen MR) is 92.9 cm³/mol. The van der Waals surface area contributed by atoms with Crippen LogP contribution in [0.3, 0.4) is 0 Å². The van der Waals surface area contributed by atoms with Gasteiger partial charge in [0.2, 0.25) is 0 Å². The molecule has 0 aliphatic heterocycles. The van der Waals surface area contributed by atoms with Crippen LogP contribution in [0.1, 0.15) is 16.0 Å². The van der Waals surface area contributed by atoms with Crippen LogP contribution in [0.2, 0.25) is 15.1 Å². The second kappa shape index (κ2) is 6.89. The fourth-order valence-corrected chi connectivity index (χ4v) is 4.60. The summed E-state index contributed by atoms with van der Waals surface area (Å²) < 4.78 is 6.21. The Labute approximate surface area is 149 Å². The number of halogens is 5. The van der Waals surface area contributed by atoms with Crippen LogP contribution in [0.25, 0.3) is 0 Å². The molecular formula is C14H9Br2Cl3O. The first-order chi connectivity index (χ1) is 9.45. The molecule has 0 saturated carbocycles. The first kappa shape index (κ1) is 16.4. The molecule has 106 valence electrons. The second-order valence-electron chi connectivity index (χ2n) is 4.01. The summed E-state index contributed by atoms with van der Waals surface area (Å²) in [6, 6.07) is 8.99. The highest BCUT2D eigenvalue weighted by atomic mass is 79.9. The number of alkyl halides is 1. The van der Waals surface area contributed by atoms with E-state index >= 15 is 0 Å². The SMILES string of the molecule is COc1c(Br)cc(Cl)cc1C(Br)c1c(Cl)cccc1Cl. The zero-order valence-electron chi connectivity index (χ0n) is 10.3. The summed E-state index contributed by atoms with van der Waals surface area (Å²) in [4.78, 5) is -0.228. The molecule has 0 saturated heterocycles. The van der Waals surface area contributed by atoms with Gasteiger partial charge in [0, 0.05) is 26.2 Å². The van der Waals surface area contributed by atoms with Crippen LogP contribution >= 0.6 is 66.7 Å². The maximum atomic E-state index is 6.25. The molecule has 0 heterocycles. The van der Waals surface area contributed by atoms with Gasteiger partial charge in [-0.2, -0.15) is 0 Å². The van der Waals surface area contributed by atoms with Gasteiger partial charge in [-0.15, -0.1) is 0 Å². The van der Waals surface area contributed by atoms with Crippen molar-refractivity contribution in [3.63, 3.8) is 0 Å². The van der Waals surface area contributed by atoms with E-state index in [-0.39, 0.29) is 4.83 Å². The standard InChI is InChI=1S/C14H9Br2Cl3O/c1-20-14-8(5-7(17)6-9(14)15)13(16)12-10(18)3-2-4-11(12)19/h2-6,13H,1H3. The highest BCUT2D eigenvalue weighted by Crippen LogP contribution is 2.45. The van der Waals surface area contributed by atoms with Gasteiger partial charge in [-0.05, 0) is 40.2 Å². The van der Waals surface area contributed by atoms with E-state index in [1.807, 2.05) is 6.07 Å². The Kier molecular flexibility index (Phi) is 5.66. The van der Waals surface area contributed by atoms with E-state index in [0.717, 1.165) is 15.6 Å². The predicted octanol–water partition coefficient (Wildman–Crippen LogP) is 6.90. The summed E-state index contributed by atoms with van der Waals surface area (Å²) in [7, 11) is 1.60. The van der Waals surface area contributed by atoms with E-state index in [9.17, 15) is 0 Å². The van der Waals surface area contributed by atoms with Gasteiger partial charge in [-0.3, -0.25) is 0 Å². The van der Waals surface area contributed by atoms with Crippen LogP contribution in [-0.4, -0.2) is 7.11 Å². The average Bonchev–Trinajstić information content (AvgIpc) is 2.37. The van der Waals surface area contributed by atoms with Crippen molar-refractivity contribution in [2.45, 2.75) is 4.83 Å². The summed E-state index contributed by atoms with van der Waals surface area (Å²) in [5.41, 5.74) is 1.63. The molecule has 0 amide bonds. The van der Waals surface area contributed by atoms with Gasteiger partial charge in [0.25, 0.3) is 0 Å². The van der Waals surface area contributed by atoms with Gasteiger partial charge in [-0.25, -0.2) is 0 Å². The Balaban J connectivity index is 2.62. The number of ether oxygens (including phenoxy) is 1. The molecule has 0 radical (unpaired) electrons. The highest BCUT2D eigenvalue weighted by molar-refractivity contribution is 9.10. The molecule has 2 aromatic carbocycles. The summed E-state index contributed by atoms with van der Waals surface area (Å²) in [6.07, 6.45) is 0. The molecule has 6 heteroatoms. The molecule has 20 heavy (non-hydrogen) atoms. The van der Waals surface area contributed by atoms with Crippen molar-refractivity contribution in [3.8, 4) is 5.75 Å². The molecule has 0 aliphatic rings. The smallest absolute Gasteiger partial charge is 0.137 e. The Hall–Kier alpha value is 0.0700. The summed E-state index contributed by atoms with van der Waals surface area (Å²) in [6.45, 7) is 0. The van der Waals surface area contributed by atoms with Crippen molar-refractivity contribution < 1.29 is 4.74 Å². The Morgan fingerprint density at radius 3 is 2.25 bits per heavy atom. The van der Waals surface area contributed by atoms with E-state index in [0.29, 0.717) is 20.8 Å². The zero-order chi connectivity index (χ0) is 14.9. The molecule has 0 fully saturated rings. The van der Waals surface area contributed by atoms with Crippen LogP contribution in [0, 0.1) is 0 Å². The number of methoxy groups -OCH3 is 1. The molecule has 1 nitrogen and oxygen atoms in total. The van der Waals surface area contributed by atoms with Gasteiger partial charge in [-0.1, -0.05) is 56.8 Å². The number of rotatable bonds is 3. The van der Waals surface area contributed by atoms with Gasteiger partial charge in [0.1, 0.15) is 5.75 Å². The lowest BCUT2D eigenvalue weighted by Gasteiger charge is -2.18. The third kappa shape index (κ3) is 3.28. The van der Waals surface area contributed by atoms with Crippen LogP contribution in [0.4, 0.5) is 0 Å². The van der Waals surface area contributed by atoms with Gasteiger partial charge in [0.15, 0.2) is 0 Å². The third-order valence-corrected chi connectivity index (χ3v) is 5.18. The lowest BCUT2D eigenvalue weighted by Crippen LogP contribution is -2.00. The first-order valence-corrected chi connectivity index (χ1v) is 8.41. The largest absolute Gasteiger partial charge is 0.495 e. The fraction of sp³-hybridized carbons (Fsp3) is 0.143. The summed E-state index contributed by atoms with van der Waals surface area (Å²) in [5.74, 6) is 0.687. The number of hydrogen-bond acceptors (Lipinski definition) is 1. The average molecular weight is 459 g/mol. The zero-order valence-corrected chi connectivity index (χ0v) is 15.7. The molecule has 0 aliphatic carbocycles. The van der Waals surface area contributed by atoms with Gasteiger partial charge >= 0.3 is 0 Å². The first-order valence-electron chi connectivity index (χ1n) is 5.56. The summed E-state index contributed by atoms with van der Waals surface area (Å²) in [5, 5.41) is 1.76. The second-order valence-corrected chi connectivity index (χ2v) is 7.03. The lowest BCUT2D eigenvalue weighted by molar-refractivity contribution is 0.408. The quantitative estimate of drug-likeness (QED) is 0.454. The molecule has 2 rings (SSSR count). The van der Waals surface area contributed by atoms with E-state index in [4.69, 9.17) is 39.5 Å². The van der Waals surface area contributed by atoms with Crippen molar-refractivity contribution in [3.05, 3.63) is 61.0 Å². The molecule has 1 unspecified atom stereocenters. The maximum Gasteiger partial charge on any atom is 0.137 e. The number of benzene rings is 2. The topological polar surface area (TPSA) is 9.23 Å². The summed E-state index contributed by atoms with van der Waals surface area (Å²) >= 11 is 25.7. The monoisotopic (exact) mass is 456 g/mol. The molecule has 0 aromatic heterocycles. The van der Waals surface area contributed by atoms with Crippen molar-refractivity contribution in [1.29, 1.82) is 0 Å². The van der Waals surface area contributed by atoms with Crippen molar-refractivity contribution in [1.82, 2.24) is 0 Å². The Morgan fingerprint density at radius 1 is 1.10 bits per heavy atom. The fourth-order valence-electron chi connectivity index (χ4n) is 1.89. The minimum absolute atomic E-state index is 0.228. The third-order valence-electron chi connectivity index (χ3n) is 2.77. The normalized spacial score (nSPS) is 12.3. The van der Waals surface area contributed by atoms with Crippen LogP contribution < -0.4 is 4.74 Å². The molecule has 0 N–H and O–H groups in total. The van der Waals surface area contributed by atoms with Crippen molar-refractivity contribution >= 4 is 66.7 Å². The number of hydrogen-bond donors (Lipinski definition) is 0. The van der Waals surface area contributed by atoms with Crippen molar-refractivity contribution in [2.24, 2.45) is 0 Å².